The third-order valence-corrected chi connectivity index (χ3v) is 2.96. The third kappa shape index (κ3) is 5.64. The van der Waals surface area contributed by atoms with Gasteiger partial charge in [0.25, 0.3) is 0 Å². The van der Waals surface area contributed by atoms with Crippen LogP contribution < -0.4 is 4.74 Å². The van der Waals surface area contributed by atoms with E-state index in [9.17, 15) is 0 Å². The van der Waals surface area contributed by atoms with E-state index in [2.05, 4.69) is 11.1 Å². The highest BCUT2D eigenvalue weighted by Crippen LogP contribution is 2.12. The molecule has 2 rings (SSSR count). The Hall–Kier alpha value is -2.38. The second-order valence-corrected chi connectivity index (χ2v) is 4.56. The molecule has 0 aliphatic carbocycles. The van der Waals surface area contributed by atoms with E-state index in [1.807, 2.05) is 24.3 Å². The molecule has 0 saturated heterocycles. The smallest absolute Gasteiger partial charge is 0.120 e. The molecule has 0 fully saturated rings. The Labute approximate surface area is 125 Å². The Morgan fingerprint density at radius 2 is 1.90 bits per heavy atom. The van der Waals surface area contributed by atoms with Crippen molar-refractivity contribution in [1.29, 1.82) is 5.26 Å². The van der Waals surface area contributed by atoms with Crippen molar-refractivity contribution in [3.8, 4) is 11.8 Å². The monoisotopic (exact) mass is 282 g/mol. The number of hydrogen-bond donors (Lipinski definition) is 0. The lowest BCUT2D eigenvalue weighted by atomic mass is 10.1. The molecule has 4 nitrogen and oxygen atoms in total. The Morgan fingerprint density at radius 3 is 2.71 bits per heavy atom. The molecule has 4 heteroatoms. The normalized spacial score (nSPS) is 10.0. The van der Waals surface area contributed by atoms with Crippen molar-refractivity contribution >= 4 is 0 Å². The van der Waals surface area contributed by atoms with Crippen molar-refractivity contribution < 1.29 is 9.47 Å². The minimum absolute atomic E-state index is 0.490. The maximum absolute atomic E-state index is 8.79. The highest BCUT2D eigenvalue weighted by atomic mass is 16.5. The minimum atomic E-state index is 0.490. The number of benzene rings is 1. The molecule has 2 aromatic rings. The highest BCUT2D eigenvalue weighted by Gasteiger charge is 1.97. The van der Waals surface area contributed by atoms with Crippen molar-refractivity contribution in [1.82, 2.24) is 4.98 Å². The fourth-order valence-electron chi connectivity index (χ4n) is 1.90. The quantitative estimate of drug-likeness (QED) is 0.698. The van der Waals surface area contributed by atoms with Gasteiger partial charge in [-0.05, 0) is 48.7 Å². The topological polar surface area (TPSA) is 55.1 Å². The number of pyridine rings is 1. The first kappa shape index (κ1) is 15.0. The van der Waals surface area contributed by atoms with Gasteiger partial charge >= 0.3 is 0 Å². The van der Waals surface area contributed by atoms with Gasteiger partial charge in [-0.25, -0.2) is 0 Å². The van der Waals surface area contributed by atoms with Gasteiger partial charge in [-0.15, -0.1) is 0 Å². The molecule has 0 saturated carbocycles. The van der Waals surface area contributed by atoms with E-state index in [1.165, 1.54) is 5.56 Å². The number of nitrogens with zero attached hydrogens (tertiary/aromatic N) is 2. The van der Waals surface area contributed by atoms with Gasteiger partial charge in [0.2, 0.25) is 0 Å². The summed E-state index contributed by atoms with van der Waals surface area (Å²) in [5, 5.41) is 8.79. The Bertz CT molecular complexity index is 579. The zero-order chi connectivity index (χ0) is 14.8. The van der Waals surface area contributed by atoms with Crippen LogP contribution in [0.15, 0.2) is 48.8 Å². The van der Waals surface area contributed by atoms with Crippen LogP contribution in [0.3, 0.4) is 0 Å². The minimum Gasteiger partial charge on any atom is -0.491 e. The van der Waals surface area contributed by atoms with Crippen LogP contribution in [0.5, 0.6) is 5.75 Å². The zero-order valence-electron chi connectivity index (χ0n) is 11.9. The first-order valence-electron chi connectivity index (χ1n) is 6.98. The molecule has 1 aromatic heterocycles. The fraction of sp³-hybridized carbons (Fsp3) is 0.294. The lowest BCUT2D eigenvalue weighted by molar-refractivity contribution is 0.0985. The van der Waals surface area contributed by atoms with Crippen molar-refractivity contribution in [2.24, 2.45) is 0 Å². The van der Waals surface area contributed by atoms with Gasteiger partial charge in [0.15, 0.2) is 0 Å². The summed E-state index contributed by atoms with van der Waals surface area (Å²) in [5.41, 5.74) is 1.88. The van der Waals surface area contributed by atoms with Crippen molar-refractivity contribution in [3.05, 3.63) is 59.9 Å². The van der Waals surface area contributed by atoms with Crippen LogP contribution in [-0.2, 0) is 11.2 Å². The molecule has 0 unspecified atom stereocenters. The van der Waals surface area contributed by atoms with Gasteiger partial charge in [0, 0.05) is 19.0 Å². The summed E-state index contributed by atoms with van der Waals surface area (Å²) in [4.78, 5) is 3.99. The number of rotatable bonds is 8. The summed E-state index contributed by atoms with van der Waals surface area (Å²) in [6, 6.07) is 13.2. The van der Waals surface area contributed by atoms with Crippen LogP contribution >= 0.6 is 0 Å². The molecule has 0 N–H and O–H groups in total. The third-order valence-electron chi connectivity index (χ3n) is 2.96. The van der Waals surface area contributed by atoms with Gasteiger partial charge < -0.3 is 9.47 Å². The summed E-state index contributed by atoms with van der Waals surface area (Å²) in [5.74, 6) is 0.703. The molecule has 0 bridgehead atoms. The standard InChI is InChI=1S/C17H18N2O2/c18-14-16-3-1-5-17(13-16)21-12-11-20-10-2-4-15-6-8-19-9-7-15/h1,3,5-9,13H,2,4,10-12H2. The SMILES string of the molecule is N#Cc1cccc(OCCOCCCc2ccncc2)c1. The second kappa shape index (κ2) is 8.72. The lowest BCUT2D eigenvalue weighted by Gasteiger charge is -2.07. The molecule has 0 spiro atoms. The molecule has 21 heavy (non-hydrogen) atoms. The van der Waals surface area contributed by atoms with Crippen molar-refractivity contribution in [2.75, 3.05) is 19.8 Å². The van der Waals surface area contributed by atoms with Gasteiger partial charge in [0.05, 0.1) is 18.2 Å². The number of ether oxygens (including phenoxy) is 2. The first-order chi connectivity index (χ1) is 10.4. The predicted octanol–water partition coefficient (Wildman–Crippen LogP) is 2.98. The second-order valence-electron chi connectivity index (χ2n) is 4.56. The van der Waals surface area contributed by atoms with Crippen LogP contribution in [0.1, 0.15) is 17.5 Å². The van der Waals surface area contributed by atoms with Gasteiger partial charge in [-0.1, -0.05) is 6.07 Å². The molecular weight excluding hydrogens is 264 g/mol. The maximum atomic E-state index is 8.79. The number of aryl methyl sites for hydroxylation is 1. The van der Waals surface area contributed by atoms with E-state index in [0.717, 1.165) is 12.8 Å². The Morgan fingerprint density at radius 1 is 1.05 bits per heavy atom. The summed E-state index contributed by atoms with van der Waals surface area (Å²) in [7, 11) is 0. The predicted molar refractivity (Wildman–Crippen MR) is 80.0 cm³/mol. The average Bonchev–Trinajstić information content (AvgIpc) is 2.55. The zero-order valence-corrected chi connectivity index (χ0v) is 11.9. The Kier molecular flexibility index (Phi) is 6.24. The van der Waals surface area contributed by atoms with Crippen LogP contribution in [0.2, 0.25) is 0 Å². The molecule has 0 amide bonds. The van der Waals surface area contributed by atoms with E-state index in [4.69, 9.17) is 14.7 Å². The summed E-state index contributed by atoms with van der Waals surface area (Å²) < 4.78 is 11.1. The Balaban J connectivity index is 1.55. The van der Waals surface area contributed by atoms with Crippen molar-refractivity contribution in [2.45, 2.75) is 12.8 Å². The first-order valence-corrected chi connectivity index (χ1v) is 6.98. The molecule has 108 valence electrons. The molecule has 0 radical (unpaired) electrons. The molecule has 1 heterocycles. The van der Waals surface area contributed by atoms with Crippen LogP contribution in [0.4, 0.5) is 0 Å². The molecule has 0 atom stereocenters. The number of hydrogen-bond acceptors (Lipinski definition) is 4. The fourth-order valence-corrected chi connectivity index (χ4v) is 1.90. The van der Waals surface area contributed by atoms with E-state index in [-0.39, 0.29) is 0 Å². The van der Waals surface area contributed by atoms with Gasteiger partial charge in [-0.3, -0.25) is 4.98 Å². The maximum Gasteiger partial charge on any atom is 0.120 e. The molecule has 1 aromatic carbocycles. The number of nitriles is 1. The summed E-state index contributed by atoms with van der Waals surface area (Å²) in [6.45, 7) is 1.75. The summed E-state index contributed by atoms with van der Waals surface area (Å²) in [6.07, 6.45) is 5.58. The lowest BCUT2D eigenvalue weighted by Crippen LogP contribution is -2.08. The summed E-state index contributed by atoms with van der Waals surface area (Å²) >= 11 is 0. The molecule has 0 aliphatic rings. The highest BCUT2D eigenvalue weighted by molar-refractivity contribution is 5.36. The van der Waals surface area contributed by atoms with E-state index >= 15 is 0 Å². The molecular formula is C17H18N2O2. The van der Waals surface area contributed by atoms with Crippen LogP contribution in [-0.4, -0.2) is 24.8 Å². The van der Waals surface area contributed by atoms with Gasteiger partial charge in [-0.2, -0.15) is 5.26 Å². The van der Waals surface area contributed by atoms with Crippen LogP contribution in [0.25, 0.3) is 0 Å². The van der Waals surface area contributed by atoms with Gasteiger partial charge in [0.1, 0.15) is 12.4 Å². The van der Waals surface area contributed by atoms with Crippen molar-refractivity contribution in [3.63, 3.8) is 0 Å². The van der Waals surface area contributed by atoms with E-state index < -0.39 is 0 Å². The van der Waals surface area contributed by atoms with E-state index in [1.54, 1.807) is 24.5 Å². The van der Waals surface area contributed by atoms with Crippen LogP contribution in [0, 0.1) is 11.3 Å². The molecule has 0 aliphatic heterocycles. The largest absolute Gasteiger partial charge is 0.491 e. The van der Waals surface area contributed by atoms with E-state index in [0.29, 0.717) is 31.1 Å². The number of aromatic nitrogens is 1. The average molecular weight is 282 g/mol.